The average Bonchev–Trinajstić information content (AvgIpc) is 2.59. The van der Waals surface area contributed by atoms with Crippen molar-refractivity contribution in [2.45, 2.75) is 4.90 Å². The lowest BCUT2D eigenvalue weighted by molar-refractivity contribution is 0.289. The first-order valence-electron chi connectivity index (χ1n) is 6.78. The standard InChI is InChI=1S/C17H19N3OS/c1-13(21-2)12-20(15-6-8-16(22-3)9-7-15)17(18)14-5-4-10-19-11-14/h4-11,18H,1,12H2,2-3H3. The van der Waals surface area contributed by atoms with E-state index in [-0.39, 0.29) is 0 Å². The van der Waals surface area contributed by atoms with Crippen molar-refractivity contribution in [2.75, 3.05) is 24.8 Å². The van der Waals surface area contributed by atoms with Gasteiger partial charge in [0.15, 0.2) is 0 Å². The Bertz CT molecular complexity index is 641. The predicted octanol–water partition coefficient (Wildman–Crippen LogP) is 3.80. The highest BCUT2D eigenvalue weighted by atomic mass is 32.2. The zero-order valence-electron chi connectivity index (χ0n) is 12.7. The number of pyridine rings is 1. The van der Waals surface area contributed by atoms with Crippen molar-refractivity contribution in [3.63, 3.8) is 0 Å². The third kappa shape index (κ3) is 3.89. The van der Waals surface area contributed by atoms with Gasteiger partial charge in [-0.25, -0.2) is 0 Å². The van der Waals surface area contributed by atoms with Crippen LogP contribution in [0.1, 0.15) is 5.56 Å². The number of amidine groups is 1. The van der Waals surface area contributed by atoms with Crippen LogP contribution in [0.15, 0.2) is 66.0 Å². The Labute approximate surface area is 135 Å². The van der Waals surface area contributed by atoms with Gasteiger partial charge in [0, 0.05) is 28.5 Å². The minimum Gasteiger partial charge on any atom is -0.500 e. The first-order valence-corrected chi connectivity index (χ1v) is 8.00. The van der Waals surface area contributed by atoms with Crippen molar-refractivity contribution >= 4 is 23.3 Å². The van der Waals surface area contributed by atoms with Crippen molar-refractivity contribution in [2.24, 2.45) is 0 Å². The van der Waals surface area contributed by atoms with Crippen LogP contribution in [0.5, 0.6) is 0 Å². The number of ether oxygens (including phenoxy) is 1. The molecule has 0 bridgehead atoms. The maximum absolute atomic E-state index is 8.48. The number of benzene rings is 1. The van der Waals surface area contributed by atoms with E-state index >= 15 is 0 Å². The van der Waals surface area contributed by atoms with Crippen LogP contribution in [0.25, 0.3) is 0 Å². The smallest absolute Gasteiger partial charge is 0.134 e. The lowest BCUT2D eigenvalue weighted by atomic mass is 10.2. The molecule has 0 aliphatic rings. The Balaban J connectivity index is 2.33. The number of anilines is 1. The molecular formula is C17H19N3OS. The lowest BCUT2D eigenvalue weighted by Crippen LogP contribution is -2.33. The highest BCUT2D eigenvalue weighted by Gasteiger charge is 2.16. The molecular weight excluding hydrogens is 294 g/mol. The third-order valence-electron chi connectivity index (χ3n) is 3.21. The van der Waals surface area contributed by atoms with Gasteiger partial charge in [-0.15, -0.1) is 11.8 Å². The molecule has 1 aromatic carbocycles. The van der Waals surface area contributed by atoms with Gasteiger partial charge < -0.3 is 9.64 Å². The fourth-order valence-electron chi connectivity index (χ4n) is 1.96. The number of rotatable bonds is 6. The summed E-state index contributed by atoms with van der Waals surface area (Å²) >= 11 is 1.69. The molecule has 114 valence electrons. The van der Waals surface area contributed by atoms with Gasteiger partial charge in [-0.2, -0.15) is 0 Å². The maximum Gasteiger partial charge on any atom is 0.134 e. The number of hydrogen-bond acceptors (Lipinski definition) is 4. The van der Waals surface area contributed by atoms with Crippen LogP contribution < -0.4 is 4.90 Å². The third-order valence-corrected chi connectivity index (χ3v) is 3.96. The number of aromatic nitrogens is 1. The molecule has 1 aromatic heterocycles. The van der Waals surface area contributed by atoms with E-state index in [4.69, 9.17) is 10.1 Å². The molecule has 0 fully saturated rings. The molecule has 1 N–H and O–H groups in total. The zero-order valence-corrected chi connectivity index (χ0v) is 13.6. The summed E-state index contributed by atoms with van der Waals surface area (Å²) in [5.41, 5.74) is 1.67. The minimum absolute atomic E-state index is 0.364. The Hall–Kier alpha value is -2.27. The van der Waals surface area contributed by atoms with E-state index in [0.29, 0.717) is 18.1 Å². The van der Waals surface area contributed by atoms with E-state index < -0.39 is 0 Å². The average molecular weight is 313 g/mol. The van der Waals surface area contributed by atoms with Gasteiger partial charge >= 0.3 is 0 Å². The minimum atomic E-state index is 0.364. The molecule has 4 nitrogen and oxygen atoms in total. The van der Waals surface area contributed by atoms with E-state index in [1.807, 2.05) is 47.6 Å². The Kier molecular flexibility index (Phi) is 5.61. The molecule has 0 unspecified atom stereocenters. The zero-order chi connectivity index (χ0) is 15.9. The first kappa shape index (κ1) is 16.1. The summed E-state index contributed by atoms with van der Waals surface area (Å²) in [6.45, 7) is 4.29. The molecule has 22 heavy (non-hydrogen) atoms. The molecule has 0 amide bonds. The van der Waals surface area contributed by atoms with Gasteiger partial charge in [0.05, 0.1) is 13.7 Å². The maximum atomic E-state index is 8.48. The summed E-state index contributed by atoms with van der Waals surface area (Å²) in [5.74, 6) is 0.964. The van der Waals surface area contributed by atoms with Crippen molar-refractivity contribution in [1.29, 1.82) is 5.41 Å². The fraction of sp³-hybridized carbons (Fsp3) is 0.176. The number of hydrogen-bond donors (Lipinski definition) is 1. The fourth-order valence-corrected chi connectivity index (χ4v) is 2.37. The van der Waals surface area contributed by atoms with E-state index in [9.17, 15) is 0 Å². The molecule has 5 heteroatoms. The van der Waals surface area contributed by atoms with Gasteiger partial charge in [0.25, 0.3) is 0 Å². The molecule has 2 rings (SSSR count). The summed E-state index contributed by atoms with van der Waals surface area (Å²) in [6, 6.07) is 11.8. The van der Waals surface area contributed by atoms with Crippen molar-refractivity contribution in [3.8, 4) is 0 Å². The van der Waals surface area contributed by atoms with Crippen LogP contribution in [0, 0.1) is 5.41 Å². The van der Waals surface area contributed by atoms with Crippen molar-refractivity contribution in [3.05, 3.63) is 66.7 Å². The van der Waals surface area contributed by atoms with Crippen LogP contribution in [-0.2, 0) is 4.74 Å². The molecule has 0 atom stereocenters. The topological polar surface area (TPSA) is 49.2 Å². The van der Waals surface area contributed by atoms with Gasteiger partial charge in [-0.3, -0.25) is 10.4 Å². The second kappa shape index (κ2) is 7.66. The SMILES string of the molecule is C=C(CN(C(=N)c1cccnc1)c1ccc(SC)cc1)OC. The highest BCUT2D eigenvalue weighted by Crippen LogP contribution is 2.22. The molecule has 0 aliphatic carbocycles. The number of thioether (sulfide) groups is 1. The van der Waals surface area contributed by atoms with Gasteiger partial charge in [0.2, 0.25) is 0 Å². The Morgan fingerprint density at radius 3 is 2.59 bits per heavy atom. The number of nitrogens with zero attached hydrogens (tertiary/aromatic N) is 2. The number of methoxy groups -OCH3 is 1. The number of nitrogens with one attached hydrogen (secondary N) is 1. The van der Waals surface area contributed by atoms with Crippen molar-refractivity contribution in [1.82, 2.24) is 4.98 Å². The quantitative estimate of drug-likeness (QED) is 0.381. The molecule has 2 aromatic rings. The summed E-state index contributed by atoms with van der Waals surface area (Å²) < 4.78 is 5.18. The normalized spacial score (nSPS) is 10.1. The Morgan fingerprint density at radius 1 is 1.32 bits per heavy atom. The second-order valence-corrected chi connectivity index (χ2v) is 5.50. The molecule has 0 aliphatic heterocycles. The van der Waals surface area contributed by atoms with E-state index in [1.54, 1.807) is 31.3 Å². The van der Waals surface area contributed by atoms with E-state index in [2.05, 4.69) is 11.6 Å². The first-order chi connectivity index (χ1) is 10.7. The van der Waals surface area contributed by atoms with Crippen LogP contribution in [-0.4, -0.2) is 30.7 Å². The van der Waals surface area contributed by atoms with Gasteiger partial charge in [-0.1, -0.05) is 6.58 Å². The van der Waals surface area contributed by atoms with Crippen LogP contribution in [0.2, 0.25) is 0 Å². The predicted molar refractivity (Wildman–Crippen MR) is 92.8 cm³/mol. The van der Waals surface area contributed by atoms with Gasteiger partial charge in [0.1, 0.15) is 11.6 Å². The van der Waals surface area contributed by atoms with Crippen LogP contribution in [0.3, 0.4) is 0 Å². The van der Waals surface area contributed by atoms with E-state index in [1.165, 1.54) is 4.90 Å². The van der Waals surface area contributed by atoms with Crippen LogP contribution in [0.4, 0.5) is 5.69 Å². The molecule has 0 saturated carbocycles. The molecule has 1 heterocycles. The summed E-state index contributed by atoms with van der Waals surface area (Å²) in [7, 11) is 1.59. The monoisotopic (exact) mass is 313 g/mol. The van der Waals surface area contributed by atoms with Gasteiger partial charge in [-0.05, 0) is 42.7 Å². The largest absolute Gasteiger partial charge is 0.500 e. The lowest BCUT2D eigenvalue weighted by Gasteiger charge is -2.26. The molecule has 0 spiro atoms. The van der Waals surface area contributed by atoms with Crippen LogP contribution >= 0.6 is 11.8 Å². The second-order valence-electron chi connectivity index (χ2n) is 4.62. The van der Waals surface area contributed by atoms with E-state index in [0.717, 1.165) is 11.3 Å². The summed E-state index contributed by atoms with van der Waals surface area (Å²) in [5, 5.41) is 8.48. The molecule has 0 radical (unpaired) electrons. The summed E-state index contributed by atoms with van der Waals surface area (Å²) in [4.78, 5) is 7.12. The Morgan fingerprint density at radius 2 is 2.05 bits per heavy atom. The summed E-state index contributed by atoms with van der Waals surface area (Å²) in [6.07, 6.45) is 5.42. The van der Waals surface area contributed by atoms with Crippen molar-refractivity contribution < 1.29 is 4.74 Å². The highest BCUT2D eigenvalue weighted by molar-refractivity contribution is 7.98. The molecule has 0 saturated heterocycles.